The number of nitrogens with zero attached hydrogens (tertiary/aromatic N) is 1. The largest absolute Gasteiger partial charge is 0.397 e. The molecule has 0 radical (unpaired) electrons. The maximum Gasteiger partial charge on any atom is 0.238 e. The van der Waals surface area contributed by atoms with Crippen molar-refractivity contribution >= 4 is 17.3 Å². The van der Waals surface area contributed by atoms with Gasteiger partial charge in [-0.05, 0) is 38.2 Å². The normalized spacial score (nSPS) is 10.7. The lowest BCUT2D eigenvalue weighted by atomic mass is 10.2. The Bertz CT molecular complexity index is 423. The average molecular weight is 267 g/mol. The number of hydrogen-bond acceptors (Lipinski definition) is 3. The second kappa shape index (κ2) is 7.74. The molecule has 0 saturated carbocycles. The lowest BCUT2D eigenvalue weighted by molar-refractivity contribution is -0.117. The van der Waals surface area contributed by atoms with E-state index in [1.165, 1.54) is 18.2 Å². The van der Waals surface area contributed by atoms with Gasteiger partial charge in [0, 0.05) is 0 Å². The molecule has 1 aromatic carbocycles. The predicted molar refractivity (Wildman–Crippen MR) is 76.5 cm³/mol. The van der Waals surface area contributed by atoms with Crippen LogP contribution in [0.15, 0.2) is 18.2 Å². The van der Waals surface area contributed by atoms with Gasteiger partial charge in [0.05, 0.1) is 17.9 Å². The van der Waals surface area contributed by atoms with Crippen LogP contribution in [0.5, 0.6) is 0 Å². The van der Waals surface area contributed by atoms with Gasteiger partial charge in [-0.25, -0.2) is 4.39 Å². The number of anilines is 2. The number of likely N-dealkylation sites (N-methyl/N-ethyl adjacent to an activating group) is 1. The number of nitrogens with one attached hydrogen (secondary N) is 1. The van der Waals surface area contributed by atoms with E-state index in [9.17, 15) is 9.18 Å². The molecule has 1 rings (SSSR count). The minimum Gasteiger partial charge on any atom is -0.397 e. The van der Waals surface area contributed by atoms with Crippen LogP contribution in [0.2, 0.25) is 0 Å². The number of hydrogen-bond donors (Lipinski definition) is 2. The van der Waals surface area contributed by atoms with Crippen LogP contribution < -0.4 is 11.1 Å². The number of nitrogens with two attached hydrogens (primary N) is 1. The van der Waals surface area contributed by atoms with Crippen LogP contribution in [0.25, 0.3) is 0 Å². The molecule has 5 heteroatoms. The Morgan fingerprint density at radius 3 is 2.84 bits per heavy atom. The van der Waals surface area contributed by atoms with Crippen molar-refractivity contribution in [2.24, 2.45) is 0 Å². The molecule has 0 unspecified atom stereocenters. The minimum atomic E-state index is -0.416. The molecule has 0 aliphatic heterocycles. The standard InChI is InChI=1S/C14H22FN3O/c1-3-4-5-8-18(2)10-14(19)17-13-9-11(15)6-7-12(13)16/h6-7,9H,3-5,8,10,16H2,1-2H3,(H,17,19). The van der Waals surface area contributed by atoms with Crippen molar-refractivity contribution in [1.29, 1.82) is 0 Å². The number of benzene rings is 1. The second-order valence-corrected chi connectivity index (χ2v) is 4.72. The predicted octanol–water partition coefficient (Wildman–Crippen LogP) is 2.47. The monoisotopic (exact) mass is 267 g/mol. The SMILES string of the molecule is CCCCCN(C)CC(=O)Nc1cc(F)ccc1N. The summed E-state index contributed by atoms with van der Waals surface area (Å²) in [6, 6.07) is 3.93. The summed E-state index contributed by atoms with van der Waals surface area (Å²) in [5.74, 6) is -0.600. The zero-order chi connectivity index (χ0) is 14.3. The first-order valence-electron chi connectivity index (χ1n) is 6.56. The second-order valence-electron chi connectivity index (χ2n) is 4.72. The Kier molecular flexibility index (Phi) is 6.29. The van der Waals surface area contributed by atoms with E-state index in [-0.39, 0.29) is 12.5 Å². The third-order valence-electron chi connectivity index (χ3n) is 2.85. The minimum absolute atomic E-state index is 0.184. The molecule has 0 aromatic heterocycles. The summed E-state index contributed by atoms with van der Waals surface area (Å²) >= 11 is 0. The van der Waals surface area contributed by atoms with E-state index >= 15 is 0 Å². The van der Waals surface area contributed by atoms with Gasteiger partial charge in [0.15, 0.2) is 0 Å². The third kappa shape index (κ3) is 5.70. The number of halogens is 1. The maximum absolute atomic E-state index is 13.0. The van der Waals surface area contributed by atoms with Gasteiger partial charge in [-0.2, -0.15) is 0 Å². The van der Waals surface area contributed by atoms with Crippen LogP contribution in [0.1, 0.15) is 26.2 Å². The molecule has 0 saturated heterocycles. The first kappa shape index (κ1) is 15.4. The topological polar surface area (TPSA) is 58.4 Å². The molecular formula is C14H22FN3O. The highest BCUT2D eigenvalue weighted by atomic mass is 19.1. The molecule has 0 spiro atoms. The van der Waals surface area contributed by atoms with Crippen LogP contribution in [0.4, 0.5) is 15.8 Å². The Morgan fingerprint density at radius 1 is 1.42 bits per heavy atom. The number of carbonyl (C=O) groups excluding carboxylic acids is 1. The summed E-state index contributed by atoms with van der Waals surface area (Å²) < 4.78 is 13.0. The molecule has 0 bridgehead atoms. The zero-order valence-electron chi connectivity index (χ0n) is 11.6. The highest BCUT2D eigenvalue weighted by Crippen LogP contribution is 2.18. The van der Waals surface area contributed by atoms with Gasteiger partial charge in [-0.15, -0.1) is 0 Å². The van der Waals surface area contributed by atoms with Crippen LogP contribution >= 0.6 is 0 Å². The number of unbranched alkanes of at least 4 members (excludes halogenated alkanes) is 2. The van der Waals surface area contributed by atoms with Crippen molar-refractivity contribution in [3.63, 3.8) is 0 Å². The van der Waals surface area contributed by atoms with E-state index < -0.39 is 5.82 Å². The molecule has 0 heterocycles. The van der Waals surface area contributed by atoms with Crippen molar-refractivity contribution in [2.45, 2.75) is 26.2 Å². The smallest absolute Gasteiger partial charge is 0.238 e. The number of nitrogen functional groups attached to an aromatic ring is 1. The van der Waals surface area contributed by atoms with Gasteiger partial charge in [0.2, 0.25) is 5.91 Å². The van der Waals surface area contributed by atoms with E-state index in [1.54, 1.807) is 0 Å². The van der Waals surface area contributed by atoms with E-state index in [4.69, 9.17) is 5.73 Å². The average Bonchev–Trinajstić information content (AvgIpc) is 2.34. The van der Waals surface area contributed by atoms with Crippen molar-refractivity contribution in [1.82, 2.24) is 4.90 Å². The maximum atomic E-state index is 13.0. The van der Waals surface area contributed by atoms with Crippen molar-refractivity contribution in [3.05, 3.63) is 24.0 Å². The summed E-state index contributed by atoms with van der Waals surface area (Å²) in [6.45, 7) is 3.29. The van der Waals surface area contributed by atoms with Crippen LogP contribution in [-0.4, -0.2) is 30.9 Å². The Labute approximate surface area is 113 Å². The third-order valence-corrected chi connectivity index (χ3v) is 2.85. The Morgan fingerprint density at radius 2 is 2.16 bits per heavy atom. The van der Waals surface area contributed by atoms with Crippen molar-refractivity contribution in [3.8, 4) is 0 Å². The van der Waals surface area contributed by atoms with Crippen molar-refractivity contribution in [2.75, 3.05) is 31.2 Å². The summed E-state index contributed by atoms with van der Waals surface area (Å²) in [7, 11) is 1.89. The molecule has 19 heavy (non-hydrogen) atoms. The van der Waals surface area contributed by atoms with Crippen LogP contribution in [-0.2, 0) is 4.79 Å². The highest BCUT2D eigenvalue weighted by molar-refractivity contribution is 5.95. The van der Waals surface area contributed by atoms with Gasteiger partial charge in [0.1, 0.15) is 5.82 Å². The lowest BCUT2D eigenvalue weighted by Crippen LogP contribution is -2.31. The summed E-state index contributed by atoms with van der Waals surface area (Å²) in [4.78, 5) is 13.7. The Hall–Kier alpha value is -1.62. The number of rotatable bonds is 7. The molecule has 106 valence electrons. The van der Waals surface area contributed by atoms with Gasteiger partial charge in [-0.3, -0.25) is 9.69 Å². The summed E-state index contributed by atoms with van der Waals surface area (Å²) in [5, 5.41) is 2.63. The highest BCUT2D eigenvalue weighted by Gasteiger charge is 2.09. The lowest BCUT2D eigenvalue weighted by Gasteiger charge is -2.16. The van der Waals surface area contributed by atoms with Gasteiger partial charge in [0.25, 0.3) is 0 Å². The molecule has 0 atom stereocenters. The molecule has 0 aliphatic carbocycles. The fraction of sp³-hybridized carbons (Fsp3) is 0.500. The van der Waals surface area contributed by atoms with Crippen LogP contribution in [0.3, 0.4) is 0 Å². The summed E-state index contributed by atoms with van der Waals surface area (Å²) in [6.07, 6.45) is 3.38. The van der Waals surface area contributed by atoms with Gasteiger partial charge < -0.3 is 11.1 Å². The summed E-state index contributed by atoms with van der Waals surface area (Å²) in [5.41, 5.74) is 6.36. The molecule has 4 nitrogen and oxygen atoms in total. The Balaban J connectivity index is 2.44. The molecule has 1 amide bonds. The van der Waals surface area contributed by atoms with Crippen LogP contribution in [0, 0.1) is 5.82 Å². The van der Waals surface area contributed by atoms with E-state index in [2.05, 4.69) is 12.2 Å². The fourth-order valence-electron chi connectivity index (χ4n) is 1.78. The van der Waals surface area contributed by atoms with Crippen molar-refractivity contribution < 1.29 is 9.18 Å². The van der Waals surface area contributed by atoms with Gasteiger partial charge >= 0.3 is 0 Å². The molecule has 3 N–H and O–H groups in total. The van der Waals surface area contributed by atoms with E-state index in [1.807, 2.05) is 11.9 Å². The molecule has 1 aromatic rings. The molecule has 0 fully saturated rings. The fourth-order valence-corrected chi connectivity index (χ4v) is 1.78. The quantitative estimate of drug-likeness (QED) is 0.589. The molecular weight excluding hydrogens is 245 g/mol. The first-order valence-corrected chi connectivity index (χ1v) is 6.56. The van der Waals surface area contributed by atoms with E-state index in [0.717, 1.165) is 25.8 Å². The first-order chi connectivity index (χ1) is 9.02. The molecule has 0 aliphatic rings. The van der Waals surface area contributed by atoms with E-state index in [0.29, 0.717) is 11.4 Å². The zero-order valence-corrected chi connectivity index (χ0v) is 11.6. The van der Waals surface area contributed by atoms with Gasteiger partial charge in [-0.1, -0.05) is 19.8 Å². The number of carbonyl (C=O) groups is 1. The number of amides is 1.